The van der Waals surface area contributed by atoms with Crippen LogP contribution in [-0.4, -0.2) is 26.0 Å². The molecule has 0 bridgehead atoms. The molecule has 2 aliphatic rings. The Labute approximate surface area is 150 Å². The number of hydrogen-bond acceptors (Lipinski definition) is 5. The van der Waals surface area contributed by atoms with Crippen LogP contribution in [-0.2, 0) is 12.8 Å². The molecule has 0 fully saturated rings. The van der Waals surface area contributed by atoms with E-state index in [0.717, 1.165) is 36.1 Å². The van der Waals surface area contributed by atoms with Gasteiger partial charge < -0.3 is 10.1 Å². The van der Waals surface area contributed by atoms with Gasteiger partial charge in [0.15, 0.2) is 0 Å². The van der Waals surface area contributed by atoms with E-state index in [1.807, 2.05) is 6.07 Å². The van der Waals surface area contributed by atoms with Crippen molar-refractivity contribution in [1.29, 1.82) is 5.26 Å². The van der Waals surface area contributed by atoms with Crippen molar-refractivity contribution in [3.05, 3.63) is 46.0 Å². The van der Waals surface area contributed by atoms with E-state index in [0.29, 0.717) is 33.6 Å². The minimum Gasteiger partial charge on any atom is -0.495 e. The first-order valence-corrected chi connectivity index (χ1v) is 8.44. The molecule has 0 unspecified atom stereocenters. The molecule has 130 valence electrons. The molecule has 0 saturated carbocycles. The second kappa shape index (κ2) is 5.88. The van der Waals surface area contributed by atoms with Crippen LogP contribution in [0.1, 0.15) is 43.8 Å². The minimum absolute atomic E-state index is 0.341. The average Bonchev–Trinajstić information content (AvgIpc) is 3.23. The van der Waals surface area contributed by atoms with Crippen molar-refractivity contribution in [1.82, 2.24) is 5.32 Å². The van der Waals surface area contributed by atoms with Crippen molar-refractivity contribution in [2.24, 2.45) is 0 Å². The number of anilines is 1. The van der Waals surface area contributed by atoms with E-state index < -0.39 is 5.91 Å². The Morgan fingerprint density at radius 2 is 1.92 bits per heavy atom. The Hall–Kier alpha value is -3.33. The van der Waals surface area contributed by atoms with E-state index in [9.17, 15) is 14.9 Å². The van der Waals surface area contributed by atoms with Crippen LogP contribution in [0.4, 0.5) is 5.69 Å². The number of hydrogen-bond donors (Lipinski definition) is 2. The standard InChI is InChI=1S/C20H17N3O3/c1-22-14-7-6-11(9-21)18(26-2)15(14)13-8-10-4-3-5-12(10)16-17(13)20(25)23-19(16)24/h6-8,22H,3-5H2,1-2H3,(H,23,24,25). The third-order valence-electron chi connectivity index (χ3n) is 5.10. The number of benzene rings is 2. The number of nitriles is 1. The molecule has 1 aliphatic carbocycles. The van der Waals surface area contributed by atoms with E-state index in [-0.39, 0.29) is 5.91 Å². The predicted octanol–water partition coefficient (Wildman–Crippen LogP) is 2.65. The van der Waals surface area contributed by atoms with E-state index in [1.54, 1.807) is 19.2 Å². The van der Waals surface area contributed by atoms with Gasteiger partial charge in [0, 0.05) is 23.9 Å². The first-order chi connectivity index (χ1) is 12.6. The number of methoxy groups -OCH3 is 1. The van der Waals surface area contributed by atoms with Crippen LogP contribution in [0, 0.1) is 11.3 Å². The quantitative estimate of drug-likeness (QED) is 0.833. The number of rotatable bonds is 3. The highest BCUT2D eigenvalue weighted by Crippen LogP contribution is 2.45. The molecule has 2 N–H and O–H groups in total. The van der Waals surface area contributed by atoms with Gasteiger partial charge in [-0.1, -0.05) is 0 Å². The maximum atomic E-state index is 12.6. The lowest BCUT2D eigenvalue weighted by Gasteiger charge is -2.18. The summed E-state index contributed by atoms with van der Waals surface area (Å²) in [6.07, 6.45) is 2.63. The van der Waals surface area contributed by atoms with Crippen LogP contribution in [0.2, 0.25) is 0 Å². The third-order valence-corrected chi connectivity index (χ3v) is 5.10. The van der Waals surface area contributed by atoms with Crippen molar-refractivity contribution in [3.63, 3.8) is 0 Å². The van der Waals surface area contributed by atoms with Crippen LogP contribution < -0.4 is 15.4 Å². The number of imide groups is 1. The molecule has 1 heterocycles. The number of carbonyl (C=O) groups is 2. The fourth-order valence-corrected chi connectivity index (χ4v) is 4.01. The van der Waals surface area contributed by atoms with Crippen LogP contribution in [0.3, 0.4) is 0 Å². The van der Waals surface area contributed by atoms with E-state index in [2.05, 4.69) is 16.7 Å². The highest BCUT2D eigenvalue weighted by molar-refractivity contribution is 6.25. The van der Waals surface area contributed by atoms with Gasteiger partial charge in [0.25, 0.3) is 11.8 Å². The fourth-order valence-electron chi connectivity index (χ4n) is 4.01. The van der Waals surface area contributed by atoms with Gasteiger partial charge in [-0.2, -0.15) is 5.26 Å². The maximum absolute atomic E-state index is 12.6. The SMILES string of the molecule is CNc1ccc(C#N)c(OC)c1-c1cc2c(c3c1C(=O)NC3=O)CCC2. The molecule has 0 spiro atoms. The number of aryl methyl sites for hydroxylation is 1. The summed E-state index contributed by atoms with van der Waals surface area (Å²) in [5.41, 5.74) is 5.26. The van der Waals surface area contributed by atoms with Crippen molar-refractivity contribution in [2.75, 3.05) is 19.5 Å². The second-order valence-corrected chi connectivity index (χ2v) is 6.38. The molecular formula is C20H17N3O3. The normalized spacial score (nSPS) is 14.5. The van der Waals surface area contributed by atoms with Gasteiger partial charge in [-0.3, -0.25) is 14.9 Å². The molecule has 2 amide bonds. The lowest BCUT2D eigenvalue weighted by molar-refractivity contribution is 0.0879. The molecule has 0 saturated heterocycles. The summed E-state index contributed by atoms with van der Waals surface area (Å²) < 4.78 is 5.53. The molecule has 2 aromatic carbocycles. The second-order valence-electron chi connectivity index (χ2n) is 6.38. The molecule has 1 aliphatic heterocycles. The molecular weight excluding hydrogens is 330 g/mol. The number of nitrogens with one attached hydrogen (secondary N) is 2. The van der Waals surface area contributed by atoms with Gasteiger partial charge in [-0.15, -0.1) is 0 Å². The molecule has 26 heavy (non-hydrogen) atoms. The summed E-state index contributed by atoms with van der Waals surface area (Å²) in [4.78, 5) is 25.0. The summed E-state index contributed by atoms with van der Waals surface area (Å²) in [5, 5.41) is 15.0. The zero-order valence-corrected chi connectivity index (χ0v) is 14.5. The Morgan fingerprint density at radius 1 is 1.15 bits per heavy atom. The highest BCUT2D eigenvalue weighted by Gasteiger charge is 2.36. The fraction of sp³-hybridized carbons (Fsp3) is 0.250. The minimum atomic E-state index is -0.402. The van der Waals surface area contributed by atoms with Gasteiger partial charge in [-0.25, -0.2) is 0 Å². The summed E-state index contributed by atoms with van der Waals surface area (Å²) >= 11 is 0. The van der Waals surface area contributed by atoms with Crippen LogP contribution >= 0.6 is 0 Å². The summed E-state index contributed by atoms with van der Waals surface area (Å²) in [6, 6.07) is 7.56. The van der Waals surface area contributed by atoms with Crippen LogP contribution in [0.5, 0.6) is 5.75 Å². The largest absolute Gasteiger partial charge is 0.495 e. The number of ether oxygens (including phenoxy) is 1. The molecule has 0 radical (unpaired) electrons. The predicted molar refractivity (Wildman–Crippen MR) is 96.5 cm³/mol. The van der Waals surface area contributed by atoms with E-state index >= 15 is 0 Å². The monoisotopic (exact) mass is 347 g/mol. The molecule has 4 rings (SSSR count). The number of fused-ring (bicyclic) bond motifs is 3. The summed E-state index contributed by atoms with van der Waals surface area (Å²) in [6.45, 7) is 0. The smallest absolute Gasteiger partial charge is 0.259 e. The molecule has 6 heteroatoms. The lowest BCUT2D eigenvalue weighted by atomic mass is 9.88. The van der Waals surface area contributed by atoms with Crippen LogP contribution in [0.25, 0.3) is 11.1 Å². The van der Waals surface area contributed by atoms with E-state index in [1.165, 1.54) is 7.11 Å². The topological polar surface area (TPSA) is 91.2 Å². The average molecular weight is 347 g/mol. The first kappa shape index (κ1) is 16.2. The molecule has 6 nitrogen and oxygen atoms in total. The Bertz CT molecular complexity index is 1020. The highest BCUT2D eigenvalue weighted by atomic mass is 16.5. The number of nitrogens with zero attached hydrogens (tertiary/aromatic N) is 1. The molecule has 0 aromatic heterocycles. The van der Waals surface area contributed by atoms with Crippen molar-refractivity contribution in [3.8, 4) is 22.9 Å². The number of carbonyl (C=O) groups excluding carboxylic acids is 2. The zero-order chi connectivity index (χ0) is 18.4. The third kappa shape index (κ3) is 2.10. The Morgan fingerprint density at radius 3 is 2.62 bits per heavy atom. The zero-order valence-electron chi connectivity index (χ0n) is 14.5. The number of amides is 2. The van der Waals surface area contributed by atoms with Gasteiger partial charge in [0.2, 0.25) is 0 Å². The van der Waals surface area contributed by atoms with Gasteiger partial charge in [-0.05, 0) is 48.6 Å². The lowest BCUT2D eigenvalue weighted by Crippen LogP contribution is -2.20. The van der Waals surface area contributed by atoms with Crippen molar-refractivity contribution >= 4 is 17.5 Å². The van der Waals surface area contributed by atoms with Crippen molar-refractivity contribution < 1.29 is 14.3 Å². The Balaban J connectivity index is 2.13. The Kier molecular flexibility index (Phi) is 3.66. The molecule has 0 atom stereocenters. The van der Waals surface area contributed by atoms with E-state index in [4.69, 9.17) is 4.74 Å². The molecule has 2 aromatic rings. The summed E-state index contributed by atoms with van der Waals surface area (Å²) in [5.74, 6) is -0.348. The summed E-state index contributed by atoms with van der Waals surface area (Å²) in [7, 11) is 3.26. The first-order valence-electron chi connectivity index (χ1n) is 8.44. The van der Waals surface area contributed by atoms with Crippen molar-refractivity contribution in [2.45, 2.75) is 19.3 Å². The van der Waals surface area contributed by atoms with Gasteiger partial charge in [0.1, 0.15) is 11.8 Å². The van der Waals surface area contributed by atoms with Crippen LogP contribution in [0.15, 0.2) is 18.2 Å². The van der Waals surface area contributed by atoms with Gasteiger partial charge >= 0.3 is 0 Å². The maximum Gasteiger partial charge on any atom is 0.259 e. The van der Waals surface area contributed by atoms with Gasteiger partial charge in [0.05, 0.1) is 23.8 Å².